The number of carboxylic acids is 1. The summed E-state index contributed by atoms with van der Waals surface area (Å²) in [5.41, 5.74) is 1.68. The monoisotopic (exact) mass is 272 g/mol. The van der Waals surface area contributed by atoms with Gasteiger partial charge in [0.1, 0.15) is 11.4 Å². The lowest BCUT2D eigenvalue weighted by Crippen LogP contribution is -1.96. The van der Waals surface area contributed by atoms with E-state index in [-0.39, 0.29) is 5.75 Å². The van der Waals surface area contributed by atoms with Gasteiger partial charge in [0.15, 0.2) is 4.34 Å². The second-order valence-electron chi connectivity index (χ2n) is 2.93. The van der Waals surface area contributed by atoms with Crippen molar-refractivity contribution < 1.29 is 9.90 Å². The van der Waals surface area contributed by atoms with Crippen LogP contribution in [0.5, 0.6) is 0 Å². The lowest BCUT2D eigenvalue weighted by Gasteiger charge is -1.90. The molecule has 0 unspecified atom stereocenters. The van der Waals surface area contributed by atoms with Crippen molar-refractivity contribution in [2.24, 2.45) is 0 Å². The number of hydrogen-bond acceptors (Lipinski definition) is 6. The summed E-state index contributed by atoms with van der Waals surface area (Å²) >= 11 is 4.26. The Kier molecular flexibility index (Phi) is 3.57. The lowest BCUT2D eigenvalue weighted by atomic mass is 10.4. The maximum Gasteiger partial charge on any atom is 0.313 e. The third kappa shape index (κ3) is 2.81. The highest BCUT2D eigenvalue weighted by atomic mass is 32.2. The number of thioether (sulfide) groups is 1. The van der Waals surface area contributed by atoms with E-state index in [9.17, 15) is 4.79 Å². The van der Waals surface area contributed by atoms with E-state index >= 15 is 0 Å². The minimum atomic E-state index is -0.828. The highest BCUT2D eigenvalue weighted by Gasteiger charge is 2.08. The molecule has 0 aliphatic carbocycles. The first kappa shape index (κ1) is 11.6. The van der Waals surface area contributed by atoms with Crippen LogP contribution in [-0.2, 0) is 4.79 Å². The van der Waals surface area contributed by atoms with Crippen LogP contribution in [0.3, 0.4) is 0 Å². The third-order valence-corrected chi connectivity index (χ3v) is 4.46. The molecule has 0 saturated carbocycles. The highest BCUT2D eigenvalue weighted by Crippen LogP contribution is 2.28. The standard InChI is InChI=1S/C9H8N2O2S3/c1-5-10-6(2-14-5)7-3-15-9(11-7)16-4-8(12)13/h2-3H,4H2,1H3,(H,12,13). The second kappa shape index (κ2) is 4.94. The quantitative estimate of drug-likeness (QED) is 0.867. The summed E-state index contributed by atoms with van der Waals surface area (Å²) in [6.45, 7) is 1.95. The Balaban J connectivity index is 2.10. The van der Waals surface area contributed by atoms with Gasteiger partial charge in [0.2, 0.25) is 0 Å². The Labute approximate surface area is 104 Å². The number of aliphatic carboxylic acids is 1. The fourth-order valence-corrected chi connectivity index (χ4v) is 3.19. The van der Waals surface area contributed by atoms with E-state index in [2.05, 4.69) is 9.97 Å². The number of thiazole rings is 2. The summed E-state index contributed by atoms with van der Waals surface area (Å²) < 4.78 is 0.767. The average Bonchev–Trinajstić information content (AvgIpc) is 2.83. The highest BCUT2D eigenvalue weighted by molar-refractivity contribution is 8.01. The summed E-state index contributed by atoms with van der Waals surface area (Å²) in [4.78, 5) is 19.1. The van der Waals surface area contributed by atoms with Crippen LogP contribution < -0.4 is 0 Å². The maximum atomic E-state index is 10.4. The van der Waals surface area contributed by atoms with Gasteiger partial charge in [-0.15, -0.1) is 22.7 Å². The summed E-state index contributed by atoms with van der Waals surface area (Å²) in [6.07, 6.45) is 0. The van der Waals surface area contributed by atoms with Crippen LogP contribution in [0.1, 0.15) is 5.01 Å². The van der Waals surface area contributed by atoms with Gasteiger partial charge in [-0.3, -0.25) is 4.79 Å². The fraction of sp³-hybridized carbons (Fsp3) is 0.222. The lowest BCUT2D eigenvalue weighted by molar-refractivity contribution is -0.133. The van der Waals surface area contributed by atoms with Crippen molar-refractivity contribution >= 4 is 40.4 Å². The summed E-state index contributed by atoms with van der Waals surface area (Å²) in [7, 11) is 0. The van der Waals surface area contributed by atoms with Crippen molar-refractivity contribution in [2.45, 2.75) is 11.3 Å². The molecule has 0 aliphatic heterocycles. The van der Waals surface area contributed by atoms with Crippen LogP contribution in [0.2, 0.25) is 0 Å². The summed E-state index contributed by atoms with van der Waals surface area (Å²) in [5.74, 6) is -0.783. The van der Waals surface area contributed by atoms with Crippen molar-refractivity contribution in [3.05, 3.63) is 15.8 Å². The molecule has 0 aromatic carbocycles. The molecule has 1 N–H and O–H groups in total. The van der Waals surface area contributed by atoms with E-state index in [0.717, 1.165) is 20.7 Å². The number of carbonyl (C=O) groups is 1. The van der Waals surface area contributed by atoms with Crippen molar-refractivity contribution in [3.63, 3.8) is 0 Å². The molecule has 7 heteroatoms. The molecule has 0 fully saturated rings. The molecule has 0 atom stereocenters. The summed E-state index contributed by atoms with van der Waals surface area (Å²) in [5, 5.41) is 13.4. The molecule has 0 amide bonds. The Morgan fingerprint density at radius 2 is 2.06 bits per heavy atom. The van der Waals surface area contributed by atoms with E-state index in [1.807, 2.05) is 17.7 Å². The first-order valence-corrected chi connectivity index (χ1v) is 7.12. The molecule has 2 aromatic heterocycles. The Morgan fingerprint density at radius 3 is 2.69 bits per heavy atom. The van der Waals surface area contributed by atoms with E-state index in [1.165, 1.54) is 23.1 Å². The predicted octanol–water partition coefficient (Wildman–Crippen LogP) is 2.75. The number of aromatic nitrogens is 2. The van der Waals surface area contributed by atoms with Gasteiger partial charge in [0, 0.05) is 10.8 Å². The zero-order valence-electron chi connectivity index (χ0n) is 8.34. The zero-order chi connectivity index (χ0) is 11.5. The number of rotatable bonds is 4. The molecule has 0 bridgehead atoms. The van der Waals surface area contributed by atoms with Crippen molar-refractivity contribution in [1.29, 1.82) is 0 Å². The van der Waals surface area contributed by atoms with Gasteiger partial charge >= 0.3 is 5.97 Å². The number of carboxylic acid groups (broad SMARTS) is 1. The Hall–Kier alpha value is -0.920. The molecule has 0 spiro atoms. The van der Waals surface area contributed by atoms with Crippen molar-refractivity contribution in [3.8, 4) is 11.4 Å². The van der Waals surface area contributed by atoms with Crippen LogP contribution in [0, 0.1) is 6.92 Å². The molecule has 0 saturated heterocycles. The number of hydrogen-bond donors (Lipinski definition) is 1. The van der Waals surface area contributed by atoms with Crippen molar-refractivity contribution in [2.75, 3.05) is 5.75 Å². The molecule has 84 valence electrons. The van der Waals surface area contributed by atoms with Gasteiger partial charge in [-0.1, -0.05) is 11.8 Å². The van der Waals surface area contributed by atoms with E-state index < -0.39 is 5.97 Å². The SMILES string of the molecule is Cc1nc(-c2csc(SCC(=O)O)n2)cs1. The number of nitrogens with zero attached hydrogens (tertiary/aromatic N) is 2. The predicted molar refractivity (Wildman–Crippen MR) is 66.3 cm³/mol. The molecular formula is C9H8N2O2S3. The van der Waals surface area contributed by atoms with Crippen LogP contribution in [-0.4, -0.2) is 26.8 Å². The Morgan fingerprint density at radius 1 is 1.38 bits per heavy atom. The van der Waals surface area contributed by atoms with Crippen LogP contribution >= 0.6 is 34.4 Å². The topological polar surface area (TPSA) is 63.1 Å². The van der Waals surface area contributed by atoms with Crippen LogP contribution in [0.15, 0.2) is 15.1 Å². The normalized spacial score (nSPS) is 10.6. The van der Waals surface area contributed by atoms with Gasteiger partial charge in [-0.05, 0) is 6.92 Å². The smallest absolute Gasteiger partial charge is 0.313 e. The van der Waals surface area contributed by atoms with Crippen LogP contribution in [0.4, 0.5) is 0 Å². The van der Waals surface area contributed by atoms with Gasteiger partial charge in [0.25, 0.3) is 0 Å². The second-order valence-corrected chi connectivity index (χ2v) is 6.08. The molecule has 2 aromatic rings. The van der Waals surface area contributed by atoms with E-state index in [4.69, 9.17) is 5.11 Å². The summed E-state index contributed by atoms with van der Waals surface area (Å²) in [6, 6.07) is 0. The molecule has 2 rings (SSSR count). The minimum Gasteiger partial charge on any atom is -0.481 e. The largest absolute Gasteiger partial charge is 0.481 e. The van der Waals surface area contributed by atoms with Gasteiger partial charge in [-0.25, -0.2) is 9.97 Å². The number of aryl methyl sites for hydroxylation is 1. The fourth-order valence-electron chi connectivity index (χ4n) is 1.05. The molecule has 0 aliphatic rings. The van der Waals surface area contributed by atoms with Crippen molar-refractivity contribution in [1.82, 2.24) is 9.97 Å². The average molecular weight is 272 g/mol. The first-order valence-electron chi connectivity index (χ1n) is 4.38. The first-order chi connectivity index (χ1) is 7.65. The molecule has 16 heavy (non-hydrogen) atoms. The minimum absolute atomic E-state index is 0.0447. The Bertz CT molecular complexity index is 506. The van der Waals surface area contributed by atoms with Gasteiger partial charge < -0.3 is 5.11 Å². The van der Waals surface area contributed by atoms with Gasteiger partial charge in [-0.2, -0.15) is 0 Å². The van der Waals surface area contributed by atoms with Gasteiger partial charge in [0.05, 0.1) is 10.8 Å². The van der Waals surface area contributed by atoms with E-state index in [0.29, 0.717) is 0 Å². The molecular weight excluding hydrogens is 264 g/mol. The molecule has 2 heterocycles. The third-order valence-electron chi connectivity index (χ3n) is 1.68. The van der Waals surface area contributed by atoms with E-state index in [1.54, 1.807) is 11.3 Å². The molecule has 0 radical (unpaired) electrons. The zero-order valence-corrected chi connectivity index (χ0v) is 10.8. The maximum absolute atomic E-state index is 10.4. The van der Waals surface area contributed by atoms with Crippen LogP contribution in [0.25, 0.3) is 11.4 Å². The molecule has 4 nitrogen and oxygen atoms in total.